The fourth-order valence-electron chi connectivity index (χ4n) is 1.47. The lowest BCUT2D eigenvalue weighted by atomic mass is 10.3. The van der Waals surface area contributed by atoms with Crippen LogP contribution in [-0.2, 0) is 14.8 Å². The Labute approximate surface area is 116 Å². The zero-order valence-electron chi connectivity index (χ0n) is 10.8. The first-order valence-corrected chi connectivity index (χ1v) is 7.68. The molecule has 0 aliphatic rings. The molecule has 0 unspecified atom stereocenters. The summed E-state index contributed by atoms with van der Waals surface area (Å²) >= 11 is 1.03. The van der Waals surface area contributed by atoms with Crippen LogP contribution < -0.4 is 0 Å². The lowest BCUT2D eigenvalue weighted by Gasteiger charge is -2.16. The van der Waals surface area contributed by atoms with Crippen LogP contribution in [0.15, 0.2) is 10.3 Å². The third-order valence-electron chi connectivity index (χ3n) is 2.50. The van der Waals surface area contributed by atoms with Crippen LogP contribution in [0.1, 0.15) is 21.7 Å². The number of aryl methyl sites for hydroxylation is 1. The van der Waals surface area contributed by atoms with Crippen molar-refractivity contribution < 1.29 is 17.9 Å². The smallest absolute Gasteiger partial charge is 0.349 e. The molecule has 0 fully saturated rings. The van der Waals surface area contributed by atoms with Crippen LogP contribution in [0.25, 0.3) is 0 Å². The number of hydrogen-bond acceptors (Lipinski definition) is 6. The molecule has 1 aromatic rings. The molecule has 0 saturated carbocycles. The molecule has 0 aliphatic heterocycles. The number of hydrogen-bond donors (Lipinski definition) is 0. The van der Waals surface area contributed by atoms with Gasteiger partial charge in [-0.1, -0.05) is 0 Å². The van der Waals surface area contributed by atoms with Crippen LogP contribution >= 0.6 is 11.3 Å². The molecule has 1 aromatic heterocycles. The van der Waals surface area contributed by atoms with Crippen molar-refractivity contribution in [1.29, 1.82) is 5.26 Å². The zero-order chi connectivity index (χ0) is 14.6. The Morgan fingerprint density at radius 1 is 1.58 bits per heavy atom. The fourth-order valence-corrected chi connectivity index (χ4v) is 4.29. The maximum Gasteiger partial charge on any atom is 0.349 e. The molecule has 19 heavy (non-hydrogen) atoms. The second-order valence-corrected chi connectivity index (χ2v) is 6.66. The van der Waals surface area contributed by atoms with Crippen LogP contribution in [-0.4, -0.2) is 39.4 Å². The minimum Gasteiger partial charge on any atom is -0.465 e. The average Bonchev–Trinajstić information content (AvgIpc) is 2.77. The number of carbonyl (C=O) groups is 1. The molecule has 0 radical (unpaired) electrons. The molecule has 0 bridgehead atoms. The Balaban J connectivity index is 3.25. The summed E-state index contributed by atoms with van der Waals surface area (Å²) in [4.78, 5) is 11.6. The van der Waals surface area contributed by atoms with Gasteiger partial charge in [-0.2, -0.15) is 9.57 Å². The lowest BCUT2D eigenvalue weighted by molar-refractivity contribution is 0.0602. The summed E-state index contributed by atoms with van der Waals surface area (Å²) in [7, 11) is -1.21. The highest BCUT2D eigenvalue weighted by atomic mass is 32.2. The van der Waals surface area contributed by atoms with Gasteiger partial charge in [-0.25, -0.2) is 13.2 Å². The number of thiophene rings is 1. The van der Waals surface area contributed by atoms with Gasteiger partial charge in [-0.15, -0.1) is 11.3 Å². The number of ether oxygens (including phenoxy) is 1. The number of nitriles is 1. The van der Waals surface area contributed by atoms with Gasteiger partial charge in [0.25, 0.3) is 0 Å². The van der Waals surface area contributed by atoms with Gasteiger partial charge in [0, 0.05) is 20.0 Å². The molecule has 0 saturated heterocycles. The topological polar surface area (TPSA) is 87.5 Å². The second kappa shape index (κ2) is 6.14. The van der Waals surface area contributed by atoms with Crippen LogP contribution in [0.5, 0.6) is 0 Å². The largest absolute Gasteiger partial charge is 0.465 e. The van der Waals surface area contributed by atoms with E-state index in [0.29, 0.717) is 5.56 Å². The molecule has 104 valence electrons. The van der Waals surface area contributed by atoms with Crippen molar-refractivity contribution in [1.82, 2.24) is 4.31 Å². The third kappa shape index (κ3) is 3.12. The highest BCUT2D eigenvalue weighted by molar-refractivity contribution is 7.89. The molecule has 0 N–H and O–H groups in total. The minimum absolute atomic E-state index is 0.0372. The Hall–Kier alpha value is -1.43. The predicted octanol–water partition coefficient (Wildman–Crippen LogP) is 1.38. The molecular formula is C11H14N2O4S2. The van der Waals surface area contributed by atoms with E-state index in [1.54, 1.807) is 12.3 Å². The number of methoxy groups -OCH3 is 1. The molecule has 6 nitrogen and oxygen atoms in total. The second-order valence-electron chi connectivity index (χ2n) is 3.80. The van der Waals surface area contributed by atoms with E-state index in [2.05, 4.69) is 4.74 Å². The van der Waals surface area contributed by atoms with E-state index in [1.165, 1.54) is 14.2 Å². The summed E-state index contributed by atoms with van der Waals surface area (Å²) in [5.74, 6) is -0.676. The van der Waals surface area contributed by atoms with Gasteiger partial charge in [0.15, 0.2) is 0 Å². The summed E-state index contributed by atoms with van der Waals surface area (Å²) in [6.07, 6.45) is 0.0898. The van der Waals surface area contributed by atoms with Crippen LogP contribution in [0, 0.1) is 18.3 Å². The number of sulfonamides is 1. The number of rotatable bonds is 5. The van der Waals surface area contributed by atoms with Gasteiger partial charge in [0.05, 0.1) is 13.2 Å². The molecule has 0 amide bonds. The van der Waals surface area contributed by atoms with Crippen molar-refractivity contribution in [2.75, 3.05) is 20.7 Å². The molecule has 0 aliphatic carbocycles. The molecule has 0 aromatic carbocycles. The van der Waals surface area contributed by atoms with E-state index in [1.807, 2.05) is 6.07 Å². The molecule has 1 heterocycles. The Kier molecular flexibility index (Phi) is 5.05. The van der Waals surface area contributed by atoms with Gasteiger partial charge in [0.1, 0.15) is 9.77 Å². The predicted molar refractivity (Wildman–Crippen MR) is 70.4 cm³/mol. The first-order chi connectivity index (χ1) is 8.86. The quantitative estimate of drug-likeness (QED) is 0.767. The SMILES string of the molecule is COC(=O)c1scc(C)c1S(=O)(=O)N(C)CCC#N. The number of esters is 1. The van der Waals surface area contributed by atoms with Crippen molar-refractivity contribution in [3.8, 4) is 6.07 Å². The fraction of sp³-hybridized carbons (Fsp3) is 0.455. The summed E-state index contributed by atoms with van der Waals surface area (Å²) in [5.41, 5.74) is 0.495. The summed E-state index contributed by atoms with van der Waals surface area (Å²) in [6.45, 7) is 1.70. The first kappa shape index (κ1) is 15.6. The maximum absolute atomic E-state index is 12.4. The van der Waals surface area contributed by atoms with E-state index >= 15 is 0 Å². The van der Waals surface area contributed by atoms with Gasteiger partial charge in [-0.3, -0.25) is 0 Å². The summed E-state index contributed by atoms with van der Waals surface area (Å²) in [6, 6.07) is 1.88. The van der Waals surface area contributed by atoms with Crippen molar-refractivity contribution in [3.63, 3.8) is 0 Å². The van der Waals surface area contributed by atoms with E-state index in [4.69, 9.17) is 5.26 Å². The average molecular weight is 302 g/mol. The lowest BCUT2D eigenvalue weighted by Crippen LogP contribution is -2.29. The Morgan fingerprint density at radius 2 is 2.21 bits per heavy atom. The molecule has 0 atom stereocenters. The Bertz CT molecular complexity index is 613. The minimum atomic E-state index is -3.79. The summed E-state index contributed by atoms with van der Waals surface area (Å²) in [5, 5.41) is 10.1. The van der Waals surface area contributed by atoms with E-state index in [9.17, 15) is 13.2 Å². The van der Waals surface area contributed by atoms with E-state index in [-0.39, 0.29) is 22.7 Å². The first-order valence-electron chi connectivity index (χ1n) is 5.36. The third-order valence-corrected chi connectivity index (χ3v) is 5.75. The van der Waals surface area contributed by atoms with Crippen molar-refractivity contribution in [2.45, 2.75) is 18.2 Å². The van der Waals surface area contributed by atoms with Gasteiger partial charge in [0.2, 0.25) is 10.0 Å². The van der Waals surface area contributed by atoms with Gasteiger partial charge < -0.3 is 4.74 Å². The molecule has 8 heteroatoms. The monoisotopic (exact) mass is 302 g/mol. The van der Waals surface area contributed by atoms with E-state index in [0.717, 1.165) is 15.6 Å². The molecule has 0 spiro atoms. The van der Waals surface area contributed by atoms with Crippen LogP contribution in [0.3, 0.4) is 0 Å². The van der Waals surface area contributed by atoms with Crippen molar-refractivity contribution >= 4 is 27.3 Å². The van der Waals surface area contributed by atoms with Crippen LogP contribution in [0.4, 0.5) is 0 Å². The van der Waals surface area contributed by atoms with Crippen LogP contribution in [0.2, 0.25) is 0 Å². The van der Waals surface area contributed by atoms with Gasteiger partial charge >= 0.3 is 5.97 Å². The van der Waals surface area contributed by atoms with Gasteiger partial charge in [-0.05, 0) is 17.9 Å². The number of nitrogens with zero attached hydrogens (tertiary/aromatic N) is 2. The standard InChI is InChI=1S/C11H14N2O4S2/c1-8-7-18-9(11(14)17-3)10(8)19(15,16)13(2)6-4-5-12/h7H,4,6H2,1-3H3. The zero-order valence-corrected chi connectivity index (χ0v) is 12.5. The highest BCUT2D eigenvalue weighted by Gasteiger charge is 2.30. The van der Waals surface area contributed by atoms with Crippen molar-refractivity contribution in [3.05, 3.63) is 15.8 Å². The normalized spacial score (nSPS) is 11.3. The van der Waals surface area contributed by atoms with Crippen molar-refractivity contribution in [2.24, 2.45) is 0 Å². The molecule has 1 rings (SSSR count). The maximum atomic E-state index is 12.4. The molecular weight excluding hydrogens is 288 g/mol. The highest BCUT2D eigenvalue weighted by Crippen LogP contribution is 2.29. The Morgan fingerprint density at radius 3 is 2.74 bits per heavy atom. The number of carbonyl (C=O) groups excluding carboxylic acids is 1. The van der Waals surface area contributed by atoms with E-state index < -0.39 is 16.0 Å². The summed E-state index contributed by atoms with van der Waals surface area (Å²) < 4.78 is 30.4.